The number of ether oxygens (including phenoxy) is 1. The highest BCUT2D eigenvalue weighted by molar-refractivity contribution is 6.04. The minimum Gasteiger partial charge on any atom is -0.389 e. The van der Waals surface area contributed by atoms with Crippen LogP contribution in [0.1, 0.15) is 38.2 Å². The maximum Gasteiger partial charge on any atom is 0.253 e. The lowest BCUT2D eigenvalue weighted by molar-refractivity contribution is -0.135. The molecule has 0 aliphatic carbocycles. The molecule has 0 radical (unpaired) electrons. The van der Waals surface area contributed by atoms with Crippen LogP contribution < -0.4 is 10.6 Å². The van der Waals surface area contributed by atoms with Crippen LogP contribution in [-0.4, -0.2) is 70.8 Å². The number of amides is 2. The number of nitrogens with one attached hydrogen (secondary N) is 2. The fraction of sp³-hybridized carbons (Fsp3) is 0.520. The number of aliphatic hydroxyl groups excluding tert-OH is 1. The topological polar surface area (TPSA) is 93.9 Å². The number of allylic oxidation sites excluding steroid dienone is 2. The van der Waals surface area contributed by atoms with Crippen LogP contribution in [0, 0.1) is 11.7 Å². The van der Waals surface area contributed by atoms with Gasteiger partial charge in [0.2, 0.25) is 5.91 Å². The van der Waals surface area contributed by atoms with Crippen molar-refractivity contribution in [2.45, 2.75) is 50.4 Å². The molecule has 5 aliphatic heterocycles. The van der Waals surface area contributed by atoms with Gasteiger partial charge in [-0.15, -0.1) is 0 Å². The van der Waals surface area contributed by atoms with Crippen molar-refractivity contribution in [1.29, 1.82) is 0 Å². The summed E-state index contributed by atoms with van der Waals surface area (Å²) >= 11 is 0. The monoisotopic (exact) mass is 468 g/mol. The van der Waals surface area contributed by atoms with Gasteiger partial charge in [-0.05, 0) is 49.6 Å². The van der Waals surface area contributed by atoms with Crippen LogP contribution in [-0.2, 0) is 14.3 Å². The molecule has 2 fully saturated rings. The number of carbonyl (C=O) groups is 2. The zero-order chi connectivity index (χ0) is 23.8. The number of hydrogen-bond acceptors (Lipinski definition) is 6. The number of benzene rings is 1. The molecule has 3 N–H and O–H groups in total. The van der Waals surface area contributed by atoms with Crippen LogP contribution in [0.3, 0.4) is 0 Å². The Morgan fingerprint density at radius 1 is 1.29 bits per heavy atom. The van der Waals surface area contributed by atoms with E-state index in [1.54, 1.807) is 13.0 Å². The van der Waals surface area contributed by atoms with E-state index in [2.05, 4.69) is 15.5 Å². The second kappa shape index (κ2) is 7.63. The van der Waals surface area contributed by atoms with E-state index in [1.807, 2.05) is 17.9 Å². The number of aliphatic hydroxyl groups is 1. The van der Waals surface area contributed by atoms with E-state index in [1.165, 1.54) is 12.1 Å². The van der Waals surface area contributed by atoms with Gasteiger partial charge in [-0.2, -0.15) is 0 Å². The second-order valence-electron chi connectivity index (χ2n) is 9.86. The van der Waals surface area contributed by atoms with Crippen molar-refractivity contribution in [2.75, 3.05) is 31.6 Å². The Labute approximate surface area is 197 Å². The van der Waals surface area contributed by atoms with Crippen molar-refractivity contribution in [2.24, 2.45) is 5.92 Å². The van der Waals surface area contributed by atoms with Crippen molar-refractivity contribution in [3.63, 3.8) is 0 Å². The Bertz CT molecular complexity index is 1130. The van der Waals surface area contributed by atoms with Crippen molar-refractivity contribution in [1.82, 2.24) is 15.1 Å². The Morgan fingerprint density at radius 2 is 2.12 bits per heavy atom. The summed E-state index contributed by atoms with van der Waals surface area (Å²) in [5.41, 5.74) is 2.82. The first-order valence-corrected chi connectivity index (χ1v) is 12.0. The van der Waals surface area contributed by atoms with Crippen LogP contribution in [0.2, 0.25) is 0 Å². The SMILES string of the molecule is CC1C2=C(CCCN(C3([C@@H](C)O)C4COCCN43)C2=O)N/C1=C\C1C(=O)Nc2ccc(F)cc21. The molecule has 1 aromatic carbocycles. The van der Waals surface area contributed by atoms with E-state index in [0.717, 1.165) is 17.8 Å². The molecular weight excluding hydrogens is 439 g/mol. The fourth-order valence-electron chi connectivity index (χ4n) is 6.46. The van der Waals surface area contributed by atoms with Crippen LogP contribution in [0.5, 0.6) is 0 Å². The summed E-state index contributed by atoms with van der Waals surface area (Å²) in [7, 11) is 0. The van der Waals surface area contributed by atoms with Gasteiger partial charge < -0.3 is 25.4 Å². The van der Waals surface area contributed by atoms with Crippen LogP contribution in [0.25, 0.3) is 0 Å². The molecule has 8 nitrogen and oxygen atoms in total. The van der Waals surface area contributed by atoms with Gasteiger partial charge in [-0.25, -0.2) is 4.39 Å². The quantitative estimate of drug-likeness (QED) is 0.585. The molecule has 0 saturated carbocycles. The maximum atomic E-state index is 14.0. The lowest BCUT2D eigenvalue weighted by Crippen LogP contribution is -2.54. The predicted molar refractivity (Wildman–Crippen MR) is 122 cm³/mol. The van der Waals surface area contributed by atoms with Crippen LogP contribution >= 0.6 is 0 Å². The first kappa shape index (κ1) is 21.8. The molecule has 0 spiro atoms. The molecule has 180 valence electrons. The fourth-order valence-corrected chi connectivity index (χ4v) is 6.46. The lowest BCUT2D eigenvalue weighted by atomic mass is 9.93. The molecule has 1 aromatic rings. The standard InChI is InChI=1S/C25H29FN4O4/c1-13-20(11-17-16-10-15(26)5-6-18(16)28-23(17)32)27-19-4-3-7-30(24(33)22(13)19)25(14(2)31)21-12-34-9-8-29(21)25/h5-6,10-11,13-14,17,21,27,31H,3-4,7-9,12H2,1-2H3,(H,28,32)/b20-11-/t13?,14-,17?,21?,25?,29?/m1/s1. The normalized spacial score (nSPS) is 36.5. The molecule has 0 bridgehead atoms. The largest absolute Gasteiger partial charge is 0.389 e. The highest BCUT2D eigenvalue weighted by Gasteiger charge is 2.71. The summed E-state index contributed by atoms with van der Waals surface area (Å²) < 4.78 is 19.5. The molecule has 5 aliphatic rings. The van der Waals surface area contributed by atoms with Crippen molar-refractivity contribution < 1.29 is 23.8 Å². The van der Waals surface area contributed by atoms with Crippen molar-refractivity contribution in [3.05, 3.63) is 52.6 Å². The minimum atomic E-state index is -0.732. The Hall–Kier alpha value is -2.75. The molecule has 34 heavy (non-hydrogen) atoms. The number of nitrogens with zero attached hydrogens (tertiary/aromatic N) is 2. The van der Waals surface area contributed by atoms with Gasteiger partial charge in [0.15, 0.2) is 0 Å². The zero-order valence-corrected chi connectivity index (χ0v) is 19.3. The maximum absolute atomic E-state index is 14.0. The van der Waals surface area contributed by atoms with Gasteiger partial charge in [0.05, 0.1) is 31.3 Å². The number of fused-ring (bicyclic) bond motifs is 2. The minimum absolute atomic E-state index is 0.000568. The van der Waals surface area contributed by atoms with Gasteiger partial charge in [0, 0.05) is 41.7 Å². The third kappa shape index (κ3) is 2.93. The predicted octanol–water partition coefficient (Wildman–Crippen LogP) is 1.65. The van der Waals surface area contributed by atoms with E-state index in [-0.39, 0.29) is 29.6 Å². The van der Waals surface area contributed by atoms with Gasteiger partial charge in [-0.1, -0.05) is 6.92 Å². The molecule has 9 heteroatoms. The summed E-state index contributed by atoms with van der Waals surface area (Å²) in [6.07, 6.45) is 2.58. The Balaban J connectivity index is 1.31. The third-order valence-corrected chi connectivity index (χ3v) is 8.10. The number of rotatable bonds is 3. The highest BCUT2D eigenvalue weighted by Crippen LogP contribution is 2.50. The molecule has 5 heterocycles. The lowest BCUT2D eigenvalue weighted by Gasteiger charge is -2.35. The summed E-state index contributed by atoms with van der Waals surface area (Å²) in [5, 5.41) is 17.0. The number of hydrogen-bond donors (Lipinski definition) is 3. The molecule has 2 saturated heterocycles. The Morgan fingerprint density at radius 3 is 2.85 bits per heavy atom. The van der Waals surface area contributed by atoms with Gasteiger partial charge in [0.1, 0.15) is 11.5 Å². The zero-order valence-electron chi connectivity index (χ0n) is 19.3. The smallest absolute Gasteiger partial charge is 0.253 e. The molecular formula is C25H29FN4O4. The van der Waals surface area contributed by atoms with Crippen molar-refractivity contribution >= 4 is 17.5 Å². The van der Waals surface area contributed by atoms with E-state index >= 15 is 0 Å². The van der Waals surface area contributed by atoms with Crippen molar-refractivity contribution in [3.8, 4) is 0 Å². The third-order valence-electron chi connectivity index (χ3n) is 8.10. The average molecular weight is 469 g/mol. The summed E-state index contributed by atoms with van der Waals surface area (Å²) in [5.74, 6) is -1.54. The first-order chi connectivity index (χ1) is 16.3. The van der Waals surface area contributed by atoms with Crippen LogP contribution in [0.4, 0.5) is 10.1 Å². The van der Waals surface area contributed by atoms with Gasteiger partial charge in [0.25, 0.3) is 5.91 Å². The number of morpholine rings is 1. The first-order valence-electron chi connectivity index (χ1n) is 12.0. The summed E-state index contributed by atoms with van der Waals surface area (Å²) in [4.78, 5) is 30.6. The summed E-state index contributed by atoms with van der Waals surface area (Å²) in [6, 6.07) is 4.29. The average Bonchev–Trinajstić information content (AvgIpc) is 3.31. The number of halogens is 1. The number of anilines is 1. The highest BCUT2D eigenvalue weighted by atomic mass is 19.1. The van der Waals surface area contributed by atoms with E-state index in [0.29, 0.717) is 49.5 Å². The van der Waals surface area contributed by atoms with E-state index in [9.17, 15) is 19.1 Å². The Kier molecular flexibility index (Phi) is 4.88. The van der Waals surface area contributed by atoms with E-state index in [4.69, 9.17) is 4.74 Å². The number of carbonyl (C=O) groups excluding carboxylic acids is 2. The van der Waals surface area contributed by atoms with Crippen LogP contribution in [0.15, 0.2) is 41.2 Å². The second-order valence-corrected chi connectivity index (χ2v) is 9.86. The molecule has 0 aromatic heterocycles. The summed E-state index contributed by atoms with van der Waals surface area (Å²) in [6.45, 7) is 6.07. The molecule has 6 atom stereocenters. The molecule has 2 amide bonds. The molecule has 6 rings (SSSR count). The molecule has 5 unspecified atom stereocenters. The van der Waals surface area contributed by atoms with Gasteiger partial charge >= 0.3 is 0 Å². The van der Waals surface area contributed by atoms with Gasteiger partial charge in [-0.3, -0.25) is 14.5 Å². The van der Waals surface area contributed by atoms with E-state index < -0.39 is 17.7 Å².